The van der Waals surface area contributed by atoms with Crippen LogP contribution in [0.2, 0.25) is 0 Å². The van der Waals surface area contributed by atoms with Crippen molar-refractivity contribution in [3.05, 3.63) is 36.4 Å². The summed E-state index contributed by atoms with van der Waals surface area (Å²) in [6, 6.07) is 5.68. The van der Waals surface area contributed by atoms with E-state index in [0.717, 1.165) is 5.56 Å². The summed E-state index contributed by atoms with van der Waals surface area (Å²) in [5, 5.41) is 16.2. The Morgan fingerprint density at radius 3 is 2.70 bits per heavy atom. The summed E-state index contributed by atoms with van der Waals surface area (Å²) in [6.45, 7) is 3.30. The van der Waals surface area contributed by atoms with Crippen LogP contribution in [0.5, 0.6) is 11.5 Å². The molecule has 0 amide bonds. The summed E-state index contributed by atoms with van der Waals surface area (Å²) in [5.41, 5.74) is 4.17. The highest BCUT2D eigenvalue weighted by molar-refractivity contribution is 5.43. The summed E-state index contributed by atoms with van der Waals surface area (Å²) in [7, 11) is 0. The van der Waals surface area contributed by atoms with Crippen molar-refractivity contribution in [2.75, 3.05) is 25.2 Å². The summed E-state index contributed by atoms with van der Waals surface area (Å²) in [4.78, 5) is 0. The van der Waals surface area contributed by atoms with Crippen LogP contribution in [-0.2, 0) is 6.54 Å². The molecule has 0 saturated heterocycles. The lowest BCUT2D eigenvalue weighted by Gasteiger charge is -2.13. The summed E-state index contributed by atoms with van der Waals surface area (Å²) in [5.74, 6) is 1.30. The van der Waals surface area contributed by atoms with Gasteiger partial charge in [0.2, 0.25) is 0 Å². The molecule has 20 heavy (non-hydrogen) atoms. The van der Waals surface area contributed by atoms with E-state index in [9.17, 15) is 0 Å². The van der Waals surface area contributed by atoms with Gasteiger partial charge in [0.05, 0.1) is 19.8 Å². The van der Waals surface area contributed by atoms with Crippen LogP contribution in [0.25, 0.3) is 0 Å². The van der Waals surface area contributed by atoms with Gasteiger partial charge in [-0.2, -0.15) is 0 Å². The quantitative estimate of drug-likeness (QED) is 0.743. The molecule has 0 atom stereocenters. The van der Waals surface area contributed by atoms with E-state index in [2.05, 4.69) is 15.6 Å². The first-order chi connectivity index (χ1) is 9.83. The zero-order valence-electron chi connectivity index (χ0n) is 11.3. The molecule has 0 unspecified atom stereocenters. The molecule has 0 saturated carbocycles. The topological polar surface area (TPSA) is 81.4 Å². The predicted octanol–water partition coefficient (Wildman–Crippen LogP) is 0.792. The van der Waals surface area contributed by atoms with E-state index in [0.29, 0.717) is 24.7 Å². The number of aromatic nitrogens is 3. The lowest BCUT2D eigenvalue weighted by atomic mass is 10.2. The first-order valence-electron chi connectivity index (χ1n) is 6.41. The molecule has 7 nitrogen and oxygen atoms in total. The van der Waals surface area contributed by atoms with E-state index in [1.807, 2.05) is 25.1 Å². The van der Waals surface area contributed by atoms with Gasteiger partial charge in [0, 0.05) is 0 Å². The molecule has 0 radical (unpaired) electrons. The van der Waals surface area contributed by atoms with Crippen molar-refractivity contribution in [3.63, 3.8) is 0 Å². The largest absolute Gasteiger partial charge is 0.490 e. The Balaban J connectivity index is 2.04. The van der Waals surface area contributed by atoms with Crippen LogP contribution in [0.1, 0.15) is 12.5 Å². The zero-order valence-corrected chi connectivity index (χ0v) is 11.3. The number of aliphatic hydroxyl groups excluding tert-OH is 1. The number of nitrogens with one attached hydrogen (secondary N) is 1. The van der Waals surface area contributed by atoms with Gasteiger partial charge in [-0.05, 0) is 24.6 Å². The molecule has 2 N–H and O–H groups in total. The Hall–Kier alpha value is -2.28. The Bertz CT molecular complexity index is 516. The molecule has 1 heterocycles. The highest BCUT2D eigenvalue weighted by Crippen LogP contribution is 2.28. The Kier molecular flexibility index (Phi) is 5.19. The van der Waals surface area contributed by atoms with Gasteiger partial charge in [-0.1, -0.05) is 6.07 Å². The Labute approximate surface area is 117 Å². The van der Waals surface area contributed by atoms with Gasteiger partial charge in [-0.3, -0.25) is 0 Å². The lowest BCUT2D eigenvalue weighted by Crippen LogP contribution is -2.12. The van der Waals surface area contributed by atoms with Gasteiger partial charge in [0.25, 0.3) is 0 Å². The maximum Gasteiger partial charge on any atom is 0.161 e. The van der Waals surface area contributed by atoms with E-state index in [4.69, 9.17) is 14.6 Å². The second-order valence-corrected chi connectivity index (χ2v) is 3.99. The molecule has 0 aliphatic carbocycles. The van der Waals surface area contributed by atoms with E-state index in [1.165, 1.54) is 0 Å². The van der Waals surface area contributed by atoms with Crippen molar-refractivity contribution in [1.82, 2.24) is 14.9 Å². The number of ether oxygens (including phenoxy) is 2. The Morgan fingerprint density at radius 2 is 2.00 bits per heavy atom. The molecule has 0 fully saturated rings. The zero-order chi connectivity index (χ0) is 14.2. The third kappa shape index (κ3) is 3.86. The molecule has 0 aliphatic rings. The summed E-state index contributed by atoms with van der Waals surface area (Å²) in [6.07, 6.45) is 3.17. The summed E-state index contributed by atoms with van der Waals surface area (Å²) < 4.78 is 12.6. The van der Waals surface area contributed by atoms with Gasteiger partial charge in [0.1, 0.15) is 19.3 Å². The molecule has 108 valence electrons. The van der Waals surface area contributed by atoms with Crippen LogP contribution in [-0.4, -0.2) is 39.8 Å². The fourth-order valence-electron chi connectivity index (χ4n) is 1.67. The molecule has 0 bridgehead atoms. The van der Waals surface area contributed by atoms with Crippen LogP contribution < -0.4 is 14.9 Å². The van der Waals surface area contributed by atoms with Gasteiger partial charge < -0.3 is 20.0 Å². The van der Waals surface area contributed by atoms with E-state index in [-0.39, 0.29) is 13.2 Å². The van der Waals surface area contributed by atoms with Gasteiger partial charge in [-0.15, -0.1) is 10.2 Å². The molecule has 2 aromatic rings. The molecule has 1 aromatic carbocycles. The van der Waals surface area contributed by atoms with Crippen molar-refractivity contribution in [2.24, 2.45) is 0 Å². The van der Waals surface area contributed by atoms with Gasteiger partial charge >= 0.3 is 0 Å². The SMILES string of the molecule is CCOc1cc(CNn2cnnc2)ccc1OCCO. The number of rotatable bonds is 8. The van der Waals surface area contributed by atoms with Crippen molar-refractivity contribution in [1.29, 1.82) is 0 Å². The van der Waals surface area contributed by atoms with Crippen molar-refractivity contribution < 1.29 is 14.6 Å². The minimum atomic E-state index is -0.0253. The monoisotopic (exact) mass is 278 g/mol. The second-order valence-electron chi connectivity index (χ2n) is 3.99. The van der Waals surface area contributed by atoms with Crippen molar-refractivity contribution in [3.8, 4) is 11.5 Å². The number of hydrogen-bond donors (Lipinski definition) is 2. The van der Waals surface area contributed by atoms with E-state index >= 15 is 0 Å². The standard InChI is InChI=1S/C13H18N4O3/c1-2-19-13-7-11(3-4-12(13)20-6-5-18)8-16-17-9-14-15-10-17/h3-4,7,9-10,16,18H,2,5-6,8H2,1H3. The first kappa shape index (κ1) is 14.1. The van der Waals surface area contributed by atoms with Crippen LogP contribution in [0.4, 0.5) is 0 Å². The minimum Gasteiger partial charge on any atom is -0.490 e. The molecular weight excluding hydrogens is 260 g/mol. The summed E-state index contributed by atoms with van der Waals surface area (Å²) >= 11 is 0. The van der Waals surface area contributed by atoms with Crippen LogP contribution in [0.3, 0.4) is 0 Å². The maximum absolute atomic E-state index is 8.80. The molecule has 1 aromatic heterocycles. The maximum atomic E-state index is 8.80. The smallest absolute Gasteiger partial charge is 0.161 e. The highest BCUT2D eigenvalue weighted by Gasteiger charge is 2.06. The number of benzene rings is 1. The number of hydrogen-bond acceptors (Lipinski definition) is 6. The normalized spacial score (nSPS) is 10.3. The third-order valence-electron chi connectivity index (χ3n) is 2.54. The van der Waals surface area contributed by atoms with Crippen LogP contribution >= 0.6 is 0 Å². The van der Waals surface area contributed by atoms with Gasteiger partial charge in [0.15, 0.2) is 11.5 Å². The van der Waals surface area contributed by atoms with Crippen molar-refractivity contribution >= 4 is 0 Å². The fourth-order valence-corrected chi connectivity index (χ4v) is 1.67. The molecular formula is C13H18N4O3. The predicted molar refractivity (Wildman–Crippen MR) is 73.3 cm³/mol. The fraction of sp³-hybridized carbons (Fsp3) is 0.385. The molecule has 7 heteroatoms. The van der Waals surface area contributed by atoms with Crippen molar-refractivity contribution in [2.45, 2.75) is 13.5 Å². The average molecular weight is 278 g/mol. The van der Waals surface area contributed by atoms with E-state index in [1.54, 1.807) is 17.3 Å². The van der Waals surface area contributed by atoms with Crippen LogP contribution in [0, 0.1) is 0 Å². The second kappa shape index (κ2) is 7.34. The van der Waals surface area contributed by atoms with Gasteiger partial charge in [-0.25, -0.2) is 4.68 Å². The Morgan fingerprint density at radius 1 is 1.20 bits per heavy atom. The van der Waals surface area contributed by atoms with Crippen LogP contribution in [0.15, 0.2) is 30.9 Å². The first-order valence-corrected chi connectivity index (χ1v) is 6.41. The number of aliphatic hydroxyl groups is 1. The minimum absolute atomic E-state index is 0.0253. The highest BCUT2D eigenvalue weighted by atomic mass is 16.5. The molecule has 2 rings (SSSR count). The average Bonchev–Trinajstić information content (AvgIpc) is 2.98. The third-order valence-corrected chi connectivity index (χ3v) is 2.54. The molecule has 0 spiro atoms. The molecule has 0 aliphatic heterocycles. The lowest BCUT2D eigenvalue weighted by molar-refractivity contribution is 0.194. The number of nitrogens with zero attached hydrogens (tertiary/aromatic N) is 3. The van der Waals surface area contributed by atoms with E-state index < -0.39 is 0 Å².